The topological polar surface area (TPSA) is 43.8 Å². The SMILES string of the molecule is CCC(N)C(C)n1cnc2c1CCCC2. The first-order valence-corrected chi connectivity index (χ1v) is 6.04. The molecule has 0 bridgehead atoms. The van der Waals surface area contributed by atoms with Gasteiger partial charge in [0.05, 0.1) is 12.0 Å². The molecular formula is C12H21N3. The maximum absolute atomic E-state index is 6.09. The Morgan fingerprint density at radius 2 is 2.20 bits per heavy atom. The van der Waals surface area contributed by atoms with Gasteiger partial charge in [-0.3, -0.25) is 0 Å². The molecule has 0 amide bonds. The van der Waals surface area contributed by atoms with E-state index in [9.17, 15) is 0 Å². The fraction of sp³-hybridized carbons (Fsp3) is 0.750. The Balaban J connectivity index is 2.24. The third-order valence-corrected chi connectivity index (χ3v) is 3.59. The zero-order valence-electron chi connectivity index (χ0n) is 9.74. The quantitative estimate of drug-likeness (QED) is 0.824. The highest BCUT2D eigenvalue weighted by molar-refractivity contribution is 5.17. The third-order valence-electron chi connectivity index (χ3n) is 3.59. The molecular weight excluding hydrogens is 186 g/mol. The second-order valence-electron chi connectivity index (χ2n) is 4.57. The number of aromatic nitrogens is 2. The predicted molar refractivity (Wildman–Crippen MR) is 61.8 cm³/mol. The molecule has 1 aliphatic rings. The number of hydrogen-bond acceptors (Lipinski definition) is 2. The van der Waals surface area contributed by atoms with Gasteiger partial charge in [-0.05, 0) is 39.0 Å². The van der Waals surface area contributed by atoms with E-state index in [1.165, 1.54) is 30.7 Å². The van der Waals surface area contributed by atoms with Crippen LogP contribution in [0.4, 0.5) is 0 Å². The maximum Gasteiger partial charge on any atom is 0.0954 e. The van der Waals surface area contributed by atoms with Crippen LogP contribution in [0.3, 0.4) is 0 Å². The van der Waals surface area contributed by atoms with Crippen molar-refractivity contribution >= 4 is 0 Å². The third kappa shape index (κ3) is 1.93. The van der Waals surface area contributed by atoms with Crippen molar-refractivity contribution < 1.29 is 0 Å². The van der Waals surface area contributed by atoms with Crippen LogP contribution >= 0.6 is 0 Å². The van der Waals surface area contributed by atoms with E-state index in [4.69, 9.17) is 5.73 Å². The first-order chi connectivity index (χ1) is 7.24. The molecule has 1 aliphatic carbocycles. The van der Waals surface area contributed by atoms with E-state index < -0.39 is 0 Å². The van der Waals surface area contributed by atoms with Gasteiger partial charge in [-0.2, -0.15) is 0 Å². The lowest BCUT2D eigenvalue weighted by atomic mass is 10.00. The Morgan fingerprint density at radius 1 is 1.47 bits per heavy atom. The standard InChI is InChI=1S/C12H21N3/c1-3-10(13)9(2)15-8-14-11-6-4-5-7-12(11)15/h8-10H,3-7,13H2,1-2H3. The van der Waals surface area contributed by atoms with Crippen LogP contribution in [0, 0.1) is 0 Å². The summed E-state index contributed by atoms with van der Waals surface area (Å²) in [4.78, 5) is 4.50. The minimum absolute atomic E-state index is 0.241. The average molecular weight is 207 g/mol. The van der Waals surface area contributed by atoms with Crippen molar-refractivity contribution in [3.63, 3.8) is 0 Å². The van der Waals surface area contributed by atoms with E-state index in [1.54, 1.807) is 0 Å². The van der Waals surface area contributed by atoms with Crippen LogP contribution in [-0.4, -0.2) is 15.6 Å². The van der Waals surface area contributed by atoms with Crippen LogP contribution in [0.5, 0.6) is 0 Å². The molecule has 0 saturated heterocycles. The molecule has 0 fully saturated rings. The fourth-order valence-corrected chi connectivity index (χ4v) is 2.39. The Bertz CT molecular complexity index is 330. The molecule has 0 saturated carbocycles. The van der Waals surface area contributed by atoms with E-state index in [0.29, 0.717) is 6.04 Å². The minimum Gasteiger partial charge on any atom is -0.330 e. The average Bonchev–Trinajstić information content (AvgIpc) is 2.70. The van der Waals surface area contributed by atoms with Gasteiger partial charge >= 0.3 is 0 Å². The summed E-state index contributed by atoms with van der Waals surface area (Å²) in [5.74, 6) is 0. The highest BCUT2D eigenvalue weighted by atomic mass is 15.1. The van der Waals surface area contributed by atoms with Gasteiger partial charge in [0, 0.05) is 17.8 Å². The fourth-order valence-electron chi connectivity index (χ4n) is 2.39. The second-order valence-corrected chi connectivity index (χ2v) is 4.57. The Labute approximate surface area is 91.7 Å². The Morgan fingerprint density at radius 3 is 2.93 bits per heavy atom. The van der Waals surface area contributed by atoms with Crippen LogP contribution in [0.2, 0.25) is 0 Å². The molecule has 84 valence electrons. The highest BCUT2D eigenvalue weighted by Crippen LogP contribution is 2.24. The van der Waals surface area contributed by atoms with Crippen molar-refractivity contribution in [2.75, 3.05) is 0 Å². The van der Waals surface area contributed by atoms with Crippen molar-refractivity contribution in [2.24, 2.45) is 5.73 Å². The van der Waals surface area contributed by atoms with Crippen LogP contribution in [0.25, 0.3) is 0 Å². The van der Waals surface area contributed by atoms with Crippen molar-refractivity contribution in [3.8, 4) is 0 Å². The van der Waals surface area contributed by atoms with E-state index >= 15 is 0 Å². The van der Waals surface area contributed by atoms with Crippen LogP contribution in [-0.2, 0) is 12.8 Å². The summed E-state index contributed by atoms with van der Waals surface area (Å²) in [7, 11) is 0. The number of fused-ring (bicyclic) bond motifs is 1. The molecule has 15 heavy (non-hydrogen) atoms. The Hall–Kier alpha value is -0.830. The highest BCUT2D eigenvalue weighted by Gasteiger charge is 2.20. The second kappa shape index (κ2) is 4.35. The summed E-state index contributed by atoms with van der Waals surface area (Å²) in [6.07, 6.45) is 7.92. The number of nitrogens with zero attached hydrogens (tertiary/aromatic N) is 2. The molecule has 0 radical (unpaired) electrons. The van der Waals surface area contributed by atoms with Gasteiger partial charge in [0.15, 0.2) is 0 Å². The zero-order chi connectivity index (χ0) is 10.8. The van der Waals surface area contributed by atoms with E-state index in [0.717, 1.165) is 12.8 Å². The van der Waals surface area contributed by atoms with Gasteiger partial charge in [0.1, 0.15) is 0 Å². The van der Waals surface area contributed by atoms with Crippen molar-refractivity contribution in [1.29, 1.82) is 0 Å². The molecule has 2 rings (SSSR count). The molecule has 3 heteroatoms. The normalized spacial score (nSPS) is 19.7. The van der Waals surface area contributed by atoms with E-state index in [-0.39, 0.29) is 6.04 Å². The first kappa shape index (κ1) is 10.7. The number of rotatable bonds is 3. The van der Waals surface area contributed by atoms with Gasteiger partial charge in [0.2, 0.25) is 0 Å². The van der Waals surface area contributed by atoms with Gasteiger partial charge in [-0.25, -0.2) is 4.98 Å². The molecule has 0 aromatic carbocycles. The molecule has 2 atom stereocenters. The molecule has 2 unspecified atom stereocenters. The number of hydrogen-bond donors (Lipinski definition) is 1. The largest absolute Gasteiger partial charge is 0.330 e. The molecule has 0 aliphatic heterocycles. The summed E-state index contributed by atoms with van der Waals surface area (Å²) in [6, 6.07) is 0.620. The van der Waals surface area contributed by atoms with Crippen LogP contribution in [0.1, 0.15) is 50.5 Å². The molecule has 1 heterocycles. The number of aryl methyl sites for hydroxylation is 1. The van der Waals surface area contributed by atoms with Crippen LogP contribution in [0.15, 0.2) is 6.33 Å². The summed E-state index contributed by atoms with van der Waals surface area (Å²) < 4.78 is 2.29. The van der Waals surface area contributed by atoms with E-state index in [1.807, 2.05) is 6.33 Å². The lowest BCUT2D eigenvalue weighted by molar-refractivity contribution is 0.416. The molecule has 3 nitrogen and oxygen atoms in total. The zero-order valence-corrected chi connectivity index (χ0v) is 9.74. The van der Waals surface area contributed by atoms with Crippen LogP contribution < -0.4 is 5.73 Å². The molecule has 1 aromatic rings. The van der Waals surface area contributed by atoms with Gasteiger partial charge in [-0.15, -0.1) is 0 Å². The number of nitrogens with two attached hydrogens (primary N) is 1. The summed E-state index contributed by atoms with van der Waals surface area (Å²) in [5, 5.41) is 0. The van der Waals surface area contributed by atoms with E-state index in [2.05, 4.69) is 23.4 Å². The van der Waals surface area contributed by atoms with Gasteiger partial charge < -0.3 is 10.3 Å². The first-order valence-electron chi connectivity index (χ1n) is 6.04. The molecule has 2 N–H and O–H groups in total. The number of imidazole rings is 1. The van der Waals surface area contributed by atoms with Crippen molar-refractivity contribution in [3.05, 3.63) is 17.7 Å². The lowest BCUT2D eigenvalue weighted by Gasteiger charge is -2.23. The maximum atomic E-state index is 6.09. The summed E-state index contributed by atoms with van der Waals surface area (Å²) >= 11 is 0. The van der Waals surface area contributed by atoms with Gasteiger partial charge in [-0.1, -0.05) is 6.92 Å². The van der Waals surface area contributed by atoms with Crippen molar-refractivity contribution in [2.45, 2.75) is 58.0 Å². The summed E-state index contributed by atoms with van der Waals surface area (Å²) in [6.45, 7) is 4.34. The molecule has 1 aromatic heterocycles. The smallest absolute Gasteiger partial charge is 0.0954 e. The monoisotopic (exact) mass is 207 g/mol. The van der Waals surface area contributed by atoms with Gasteiger partial charge in [0.25, 0.3) is 0 Å². The predicted octanol–water partition coefficient (Wildman–Crippen LogP) is 2.06. The Kier molecular flexibility index (Phi) is 3.10. The van der Waals surface area contributed by atoms with Crippen molar-refractivity contribution in [1.82, 2.24) is 9.55 Å². The summed E-state index contributed by atoms with van der Waals surface area (Å²) in [5.41, 5.74) is 8.82. The lowest BCUT2D eigenvalue weighted by Crippen LogP contribution is -2.30. The molecule has 0 spiro atoms. The minimum atomic E-state index is 0.241.